The molecule has 0 spiro atoms. The minimum atomic E-state index is -4.40. The smallest absolute Gasteiger partial charge is 0.416 e. The van der Waals surface area contributed by atoms with Gasteiger partial charge in [0.1, 0.15) is 0 Å². The zero-order chi connectivity index (χ0) is 20.6. The Balaban J connectivity index is 1.48. The molecule has 152 valence electrons. The maximum Gasteiger partial charge on any atom is 0.416 e. The third-order valence-electron chi connectivity index (χ3n) is 4.74. The number of carbonyl (C=O) groups excluding carboxylic acids is 1. The molecule has 0 N–H and O–H groups in total. The first-order chi connectivity index (χ1) is 13.8. The molecule has 1 aromatic carbocycles. The average Bonchev–Trinajstić information content (AvgIpc) is 3.36. The number of piperidine rings is 1. The van der Waals surface area contributed by atoms with Crippen LogP contribution >= 0.6 is 15.9 Å². The highest BCUT2D eigenvalue weighted by atomic mass is 79.9. The highest BCUT2D eigenvalue weighted by molar-refractivity contribution is 9.10. The third-order valence-corrected chi connectivity index (χ3v) is 5.17. The van der Waals surface area contributed by atoms with Crippen LogP contribution in [0.15, 0.2) is 49.9 Å². The molecule has 10 heteroatoms. The summed E-state index contributed by atoms with van der Waals surface area (Å²) in [6.45, 7) is 0.985. The Morgan fingerprint density at radius 1 is 1.10 bits per heavy atom. The fourth-order valence-electron chi connectivity index (χ4n) is 3.27. The van der Waals surface area contributed by atoms with Crippen molar-refractivity contribution in [1.29, 1.82) is 0 Å². The van der Waals surface area contributed by atoms with Gasteiger partial charge in [-0.3, -0.25) is 4.79 Å². The molecular formula is C19H15BrF3N3O3. The van der Waals surface area contributed by atoms with E-state index in [9.17, 15) is 18.0 Å². The number of hydrogen-bond acceptors (Lipinski definition) is 5. The minimum absolute atomic E-state index is 0.145. The topological polar surface area (TPSA) is 72.4 Å². The van der Waals surface area contributed by atoms with Gasteiger partial charge in [0.15, 0.2) is 10.4 Å². The number of rotatable bonds is 3. The van der Waals surface area contributed by atoms with Gasteiger partial charge >= 0.3 is 6.18 Å². The fourth-order valence-corrected chi connectivity index (χ4v) is 3.57. The lowest BCUT2D eigenvalue weighted by molar-refractivity contribution is -0.137. The van der Waals surface area contributed by atoms with Crippen molar-refractivity contribution in [3.63, 3.8) is 0 Å². The van der Waals surface area contributed by atoms with E-state index in [0.717, 1.165) is 25.0 Å². The average molecular weight is 470 g/mol. The van der Waals surface area contributed by atoms with Gasteiger partial charge in [0.25, 0.3) is 5.91 Å². The molecule has 0 aliphatic carbocycles. The SMILES string of the molecule is O=C(c1ccc(Br)o1)N1CCCC(c2nnc(-c3ccc(C(F)(F)F)cc3)o2)C1. The second-order valence-corrected chi connectivity index (χ2v) is 7.50. The first-order valence-electron chi connectivity index (χ1n) is 8.87. The summed E-state index contributed by atoms with van der Waals surface area (Å²) in [4.78, 5) is 14.3. The second kappa shape index (κ2) is 7.66. The van der Waals surface area contributed by atoms with Crippen molar-refractivity contribution < 1.29 is 26.8 Å². The zero-order valence-corrected chi connectivity index (χ0v) is 16.5. The Morgan fingerprint density at radius 2 is 1.86 bits per heavy atom. The normalized spacial score (nSPS) is 17.5. The molecule has 6 nitrogen and oxygen atoms in total. The summed E-state index contributed by atoms with van der Waals surface area (Å²) in [5.41, 5.74) is -0.340. The molecule has 4 rings (SSSR count). The van der Waals surface area contributed by atoms with E-state index in [1.165, 1.54) is 12.1 Å². The van der Waals surface area contributed by atoms with E-state index in [1.807, 2.05) is 0 Å². The van der Waals surface area contributed by atoms with Crippen LogP contribution in [0.2, 0.25) is 0 Å². The number of amides is 1. The molecule has 2 aromatic heterocycles. The lowest BCUT2D eigenvalue weighted by Gasteiger charge is -2.30. The van der Waals surface area contributed by atoms with Crippen molar-refractivity contribution in [2.45, 2.75) is 24.9 Å². The standard InChI is InChI=1S/C19H15BrF3N3O3/c20-15-8-7-14(28-15)18(27)26-9-1-2-12(10-26)17-25-24-16(29-17)11-3-5-13(6-4-11)19(21,22)23/h3-8,12H,1-2,9-10H2. The van der Waals surface area contributed by atoms with Gasteiger partial charge < -0.3 is 13.7 Å². The number of hydrogen-bond donors (Lipinski definition) is 0. The van der Waals surface area contributed by atoms with Crippen LogP contribution in [-0.2, 0) is 6.18 Å². The Hall–Kier alpha value is -2.62. The summed E-state index contributed by atoms with van der Waals surface area (Å²) in [6, 6.07) is 7.80. The van der Waals surface area contributed by atoms with E-state index in [2.05, 4.69) is 26.1 Å². The molecule has 1 aliphatic heterocycles. The number of carbonyl (C=O) groups is 1. The summed E-state index contributed by atoms with van der Waals surface area (Å²) in [7, 11) is 0. The summed E-state index contributed by atoms with van der Waals surface area (Å²) in [6.07, 6.45) is -2.88. The van der Waals surface area contributed by atoms with Crippen molar-refractivity contribution in [2.24, 2.45) is 0 Å². The molecule has 1 fully saturated rings. The number of aromatic nitrogens is 2. The van der Waals surface area contributed by atoms with Gasteiger partial charge in [-0.2, -0.15) is 13.2 Å². The highest BCUT2D eigenvalue weighted by Gasteiger charge is 2.31. The van der Waals surface area contributed by atoms with Crippen molar-refractivity contribution >= 4 is 21.8 Å². The molecule has 3 aromatic rings. The summed E-state index contributed by atoms with van der Waals surface area (Å²) in [5.74, 6) is 0.378. The predicted octanol–water partition coefficient (Wildman–Crippen LogP) is 5.13. The molecule has 29 heavy (non-hydrogen) atoms. The molecule has 1 atom stereocenters. The van der Waals surface area contributed by atoms with Crippen LogP contribution in [0.25, 0.3) is 11.5 Å². The fraction of sp³-hybridized carbons (Fsp3) is 0.316. The third kappa shape index (κ3) is 4.21. The molecule has 1 amide bonds. The van der Waals surface area contributed by atoms with Crippen molar-refractivity contribution in [3.05, 3.63) is 58.3 Å². The summed E-state index contributed by atoms with van der Waals surface area (Å²) < 4.78 is 49.6. The number of halogens is 4. The molecular weight excluding hydrogens is 455 g/mol. The number of nitrogens with zero attached hydrogens (tertiary/aromatic N) is 3. The van der Waals surface area contributed by atoms with Crippen LogP contribution in [0.3, 0.4) is 0 Å². The van der Waals surface area contributed by atoms with E-state index in [1.54, 1.807) is 17.0 Å². The molecule has 0 saturated carbocycles. The van der Waals surface area contributed by atoms with E-state index in [4.69, 9.17) is 8.83 Å². The maximum absolute atomic E-state index is 12.7. The second-order valence-electron chi connectivity index (χ2n) is 6.71. The minimum Gasteiger partial charge on any atom is -0.444 e. The summed E-state index contributed by atoms with van der Waals surface area (Å²) in [5, 5.41) is 8.01. The molecule has 0 radical (unpaired) electrons. The van der Waals surface area contributed by atoms with Gasteiger partial charge in [0.05, 0.1) is 11.5 Å². The molecule has 1 aliphatic rings. The Kier molecular flexibility index (Phi) is 5.20. The lowest BCUT2D eigenvalue weighted by atomic mass is 9.98. The zero-order valence-electron chi connectivity index (χ0n) is 14.9. The van der Waals surface area contributed by atoms with E-state index < -0.39 is 11.7 Å². The number of likely N-dealkylation sites (tertiary alicyclic amines) is 1. The number of furan rings is 1. The van der Waals surface area contributed by atoms with Crippen LogP contribution in [0, 0.1) is 0 Å². The van der Waals surface area contributed by atoms with Gasteiger partial charge in [-0.25, -0.2) is 0 Å². The maximum atomic E-state index is 12.7. The van der Waals surface area contributed by atoms with Gasteiger partial charge in [0, 0.05) is 18.7 Å². The number of benzene rings is 1. The predicted molar refractivity (Wildman–Crippen MR) is 99.0 cm³/mol. The Labute approximate surface area is 171 Å². The molecule has 3 heterocycles. The van der Waals surface area contributed by atoms with Crippen molar-refractivity contribution in [2.75, 3.05) is 13.1 Å². The van der Waals surface area contributed by atoms with E-state index >= 15 is 0 Å². The Morgan fingerprint density at radius 3 is 2.52 bits per heavy atom. The van der Waals surface area contributed by atoms with Crippen LogP contribution in [0.5, 0.6) is 0 Å². The monoisotopic (exact) mass is 469 g/mol. The number of alkyl halides is 3. The van der Waals surface area contributed by atoms with Gasteiger partial charge in [-0.05, 0) is 65.2 Å². The van der Waals surface area contributed by atoms with Crippen LogP contribution in [0.1, 0.15) is 40.8 Å². The quantitative estimate of drug-likeness (QED) is 0.531. The van der Waals surface area contributed by atoms with E-state index in [-0.39, 0.29) is 23.5 Å². The van der Waals surface area contributed by atoms with Gasteiger partial charge in [0.2, 0.25) is 11.8 Å². The van der Waals surface area contributed by atoms with Crippen LogP contribution in [-0.4, -0.2) is 34.1 Å². The van der Waals surface area contributed by atoms with Crippen molar-refractivity contribution in [3.8, 4) is 11.5 Å². The molecule has 1 unspecified atom stereocenters. The van der Waals surface area contributed by atoms with Crippen LogP contribution < -0.4 is 0 Å². The van der Waals surface area contributed by atoms with Crippen molar-refractivity contribution in [1.82, 2.24) is 15.1 Å². The lowest BCUT2D eigenvalue weighted by Crippen LogP contribution is -2.39. The largest absolute Gasteiger partial charge is 0.444 e. The van der Waals surface area contributed by atoms with Crippen LogP contribution in [0.4, 0.5) is 13.2 Å². The van der Waals surface area contributed by atoms with Gasteiger partial charge in [-0.15, -0.1) is 10.2 Å². The molecule has 0 bridgehead atoms. The van der Waals surface area contributed by atoms with Gasteiger partial charge in [-0.1, -0.05) is 0 Å². The summed E-state index contributed by atoms with van der Waals surface area (Å²) >= 11 is 3.18. The Bertz CT molecular complexity index is 1010. The first kappa shape index (κ1) is 19.7. The van der Waals surface area contributed by atoms with E-state index in [0.29, 0.717) is 29.2 Å². The highest BCUT2D eigenvalue weighted by Crippen LogP contribution is 2.32. The molecule has 1 saturated heterocycles. The first-order valence-corrected chi connectivity index (χ1v) is 9.66.